The summed E-state index contributed by atoms with van der Waals surface area (Å²) in [5, 5.41) is 18.3. The molecule has 0 aliphatic carbocycles. The highest BCUT2D eigenvalue weighted by Crippen LogP contribution is 2.33. The van der Waals surface area contributed by atoms with Crippen molar-refractivity contribution in [3.05, 3.63) is 38.6 Å². The number of H-pyrrole nitrogens is 1. The van der Waals surface area contributed by atoms with Crippen LogP contribution in [-0.2, 0) is 0 Å². The van der Waals surface area contributed by atoms with Gasteiger partial charge in [-0.25, -0.2) is 4.98 Å². The van der Waals surface area contributed by atoms with Crippen LogP contribution in [0.1, 0.15) is 18.4 Å². The van der Waals surface area contributed by atoms with Gasteiger partial charge in [0.25, 0.3) is 5.56 Å². The second-order valence-electron chi connectivity index (χ2n) is 4.66. The molecule has 0 aliphatic heterocycles. The van der Waals surface area contributed by atoms with Gasteiger partial charge in [0.1, 0.15) is 23.1 Å². The Bertz CT molecular complexity index is 883. The number of ether oxygens (including phenoxy) is 1. The molecule has 0 amide bonds. The first-order chi connectivity index (χ1) is 11.6. The monoisotopic (exact) mass is 404 g/mol. The molecule has 6 nitrogen and oxygen atoms in total. The molecule has 2 aromatic rings. The van der Waals surface area contributed by atoms with E-state index in [1.807, 2.05) is 6.07 Å². The lowest BCUT2D eigenvalue weighted by atomic mass is 10.1. The molecule has 0 bridgehead atoms. The molecule has 8 heteroatoms. The van der Waals surface area contributed by atoms with Gasteiger partial charge in [-0.15, -0.1) is 0 Å². The van der Waals surface area contributed by atoms with Crippen LogP contribution in [0.2, 0.25) is 0 Å². The summed E-state index contributed by atoms with van der Waals surface area (Å²) < 4.78 is 6.50. The molecule has 0 spiro atoms. The van der Waals surface area contributed by atoms with Gasteiger partial charge in [-0.1, -0.05) is 27.7 Å². The molecule has 0 unspecified atom stereocenters. The summed E-state index contributed by atoms with van der Waals surface area (Å²) in [6.45, 7) is 0.364. The zero-order valence-corrected chi connectivity index (χ0v) is 15.2. The Morgan fingerprint density at radius 3 is 2.88 bits per heavy atom. The number of hydrogen-bond donors (Lipinski definition) is 1. The molecule has 1 aromatic heterocycles. The molecule has 1 aromatic carbocycles. The molecule has 0 aliphatic rings. The summed E-state index contributed by atoms with van der Waals surface area (Å²) in [4.78, 5) is 19.0. The number of rotatable bonds is 6. The van der Waals surface area contributed by atoms with Crippen LogP contribution in [0.4, 0.5) is 0 Å². The van der Waals surface area contributed by atoms with Crippen molar-refractivity contribution in [2.45, 2.75) is 18.0 Å². The number of nitriles is 2. The van der Waals surface area contributed by atoms with E-state index in [9.17, 15) is 10.1 Å². The van der Waals surface area contributed by atoms with Gasteiger partial charge in [-0.3, -0.25) is 4.79 Å². The third-order valence-corrected chi connectivity index (χ3v) is 4.16. The van der Waals surface area contributed by atoms with Crippen LogP contribution in [0.5, 0.6) is 5.75 Å². The fourth-order valence-corrected chi connectivity index (χ4v) is 2.73. The highest BCUT2D eigenvalue weighted by molar-refractivity contribution is 9.10. The van der Waals surface area contributed by atoms with E-state index in [2.05, 4.69) is 32.0 Å². The molecule has 0 fully saturated rings. The molecule has 0 saturated heterocycles. The quantitative estimate of drug-likeness (QED) is 0.449. The van der Waals surface area contributed by atoms with Crippen LogP contribution in [-0.4, -0.2) is 22.8 Å². The van der Waals surface area contributed by atoms with Gasteiger partial charge >= 0.3 is 0 Å². The van der Waals surface area contributed by atoms with E-state index < -0.39 is 5.56 Å². The standard InChI is InChI=1S/C16H13BrN4O2S/c1-24-16-20-14(12(9-19)15(22)21-16)11-8-10(17)4-5-13(11)23-7-3-2-6-18/h4-5,8H,2-3,7H2,1H3,(H,20,21,22). The molecule has 2 rings (SSSR count). The van der Waals surface area contributed by atoms with Crippen LogP contribution < -0.4 is 10.3 Å². The first kappa shape index (κ1) is 18.1. The Morgan fingerprint density at radius 1 is 1.42 bits per heavy atom. The second kappa shape index (κ2) is 8.53. The number of unbranched alkanes of at least 4 members (excludes halogenated alkanes) is 1. The maximum Gasteiger partial charge on any atom is 0.270 e. The van der Waals surface area contributed by atoms with Crippen molar-refractivity contribution in [1.82, 2.24) is 9.97 Å². The van der Waals surface area contributed by atoms with E-state index in [0.717, 1.165) is 4.47 Å². The van der Waals surface area contributed by atoms with Crippen molar-refractivity contribution in [3.8, 4) is 29.1 Å². The number of halogens is 1. The van der Waals surface area contributed by atoms with E-state index in [0.29, 0.717) is 35.9 Å². The Labute approximate surface area is 151 Å². The number of aromatic amines is 1. The van der Waals surface area contributed by atoms with E-state index >= 15 is 0 Å². The van der Waals surface area contributed by atoms with Crippen LogP contribution in [0.3, 0.4) is 0 Å². The van der Waals surface area contributed by atoms with Crippen molar-refractivity contribution in [1.29, 1.82) is 10.5 Å². The molecule has 24 heavy (non-hydrogen) atoms. The fourth-order valence-electron chi connectivity index (χ4n) is 1.99. The van der Waals surface area contributed by atoms with E-state index in [1.165, 1.54) is 11.8 Å². The zero-order valence-electron chi connectivity index (χ0n) is 12.8. The van der Waals surface area contributed by atoms with Crippen LogP contribution in [0.15, 0.2) is 32.6 Å². The Balaban J connectivity index is 2.54. The SMILES string of the molecule is CSc1nc(-c2cc(Br)ccc2OCCCC#N)c(C#N)c(=O)[nH]1. The minimum Gasteiger partial charge on any atom is -0.493 e. The van der Waals surface area contributed by atoms with Crippen molar-refractivity contribution in [3.63, 3.8) is 0 Å². The van der Waals surface area contributed by atoms with Gasteiger partial charge in [0.15, 0.2) is 5.16 Å². The molecule has 0 radical (unpaired) electrons. The number of thioether (sulfide) groups is 1. The first-order valence-electron chi connectivity index (χ1n) is 6.98. The molecule has 0 saturated carbocycles. The number of aromatic nitrogens is 2. The highest BCUT2D eigenvalue weighted by Gasteiger charge is 2.17. The van der Waals surface area contributed by atoms with Crippen LogP contribution >= 0.6 is 27.7 Å². The Kier molecular flexibility index (Phi) is 6.42. The number of nitrogens with zero attached hydrogens (tertiary/aromatic N) is 3. The van der Waals surface area contributed by atoms with Crippen molar-refractivity contribution in [2.75, 3.05) is 12.9 Å². The number of hydrogen-bond acceptors (Lipinski definition) is 6. The lowest BCUT2D eigenvalue weighted by molar-refractivity contribution is 0.314. The van der Waals surface area contributed by atoms with Gasteiger partial charge in [-0.2, -0.15) is 10.5 Å². The van der Waals surface area contributed by atoms with E-state index in [4.69, 9.17) is 10.00 Å². The summed E-state index contributed by atoms with van der Waals surface area (Å²) >= 11 is 4.67. The van der Waals surface area contributed by atoms with Gasteiger partial charge in [0.2, 0.25) is 0 Å². The molecule has 0 atom stereocenters. The largest absolute Gasteiger partial charge is 0.493 e. The minimum absolute atomic E-state index is 0.0622. The number of nitrogens with one attached hydrogen (secondary N) is 1. The fraction of sp³-hybridized carbons (Fsp3) is 0.250. The smallest absolute Gasteiger partial charge is 0.270 e. The van der Waals surface area contributed by atoms with Crippen molar-refractivity contribution >= 4 is 27.7 Å². The van der Waals surface area contributed by atoms with Gasteiger partial charge in [-0.05, 0) is 30.9 Å². The molecular weight excluding hydrogens is 392 g/mol. The Hall–Kier alpha value is -2.29. The average Bonchev–Trinajstić information content (AvgIpc) is 2.59. The lowest BCUT2D eigenvalue weighted by Gasteiger charge is -2.12. The van der Waals surface area contributed by atoms with E-state index in [1.54, 1.807) is 24.5 Å². The van der Waals surface area contributed by atoms with Gasteiger partial charge < -0.3 is 9.72 Å². The maximum atomic E-state index is 12.1. The van der Waals surface area contributed by atoms with Gasteiger partial charge in [0.05, 0.1) is 12.7 Å². The number of benzene rings is 1. The van der Waals surface area contributed by atoms with Crippen LogP contribution in [0.25, 0.3) is 11.3 Å². The van der Waals surface area contributed by atoms with Crippen LogP contribution in [0, 0.1) is 22.7 Å². The summed E-state index contributed by atoms with van der Waals surface area (Å²) in [5.74, 6) is 0.512. The molecule has 1 N–H and O–H groups in total. The van der Waals surface area contributed by atoms with Crippen molar-refractivity contribution < 1.29 is 4.74 Å². The average molecular weight is 405 g/mol. The summed E-state index contributed by atoms with van der Waals surface area (Å²) in [6, 6.07) is 9.27. The normalized spacial score (nSPS) is 10.0. The lowest BCUT2D eigenvalue weighted by Crippen LogP contribution is -2.15. The Morgan fingerprint density at radius 2 is 2.21 bits per heavy atom. The first-order valence-corrected chi connectivity index (χ1v) is 9.00. The summed E-state index contributed by atoms with van der Waals surface area (Å²) in [7, 11) is 0. The minimum atomic E-state index is -0.484. The summed E-state index contributed by atoms with van der Waals surface area (Å²) in [6.07, 6.45) is 2.78. The molecular formula is C16H13BrN4O2S. The second-order valence-corrected chi connectivity index (χ2v) is 6.37. The zero-order chi connectivity index (χ0) is 17.5. The molecule has 122 valence electrons. The third kappa shape index (κ3) is 4.16. The third-order valence-electron chi connectivity index (χ3n) is 3.09. The summed E-state index contributed by atoms with van der Waals surface area (Å²) in [5.41, 5.74) is 0.288. The van der Waals surface area contributed by atoms with Gasteiger partial charge in [0, 0.05) is 16.5 Å². The van der Waals surface area contributed by atoms with Crippen molar-refractivity contribution in [2.24, 2.45) is 0 Å². The predicted molar refractivity (Wildman–Crippen MR) is 94.8 cm³/mol. The topological polar surface area (TPSA) is 103 Å². The molecule has 1 heterocycles. The highest BCUT2D eigenvalue weighted by atomic mass is 79.9. The van der Waals surface area contributed by atoms with E-state index in [-0.39, 0.29) is 11.3 Å². The predicted octanol–water partition coefficient (Wildman–Crippen LogP) is 3.48. The maximum absolute atomic E-state index is 12.1.